The first-order valence-electron chi connectivity index (χ1n) is 6.03. The lowest BCUT2D eigenvalue weighted by atomic mass is 10.1. The summed E-state index contributed by atoms with van der Waals surface area (Å²) in [6.07, 6.45) is 0. The lowest BCUT2D eigenvalue weighted by molar-refractivity contribution is -0.384. The average molecular weight is 260 g/mol. The van der Waals surface area contributed by atoms with E-state index < -0.39 is 4.92 Å². The Morgan fingerprint density at radius 1 is 1.47 bits per heavy atom. The number of aryl methyl sites for hydroxylation is 1. The van der Waals surface area contributed by atoms with Crippen LogP contribution in [0.2, 0.25) is 0 Å². The van der Waals surface area contributed by atoms with E-state index in [9.17, 15) is 10.1 Å². The van der Waals surface area contributed by atoms with E-state index in [-0.39, 0.29) is 11.7 Å². The summed E-state index contributed by atoms with van der Waals surface area (Å²) in [6, 6.07) is 6.62. The Labute approximate surface area is 110 Å². The molecular formula is C13H16N4O2. The maximum Gasteiger partial charge on any atom is 0.270 e. The highest BCUT2D eigenvalue weighted by Crippen LogP contribution is 2.27. The standard InChI is InChI=1S/C13H16N4O2/c1-8-5-13(16-9(2)7-14)11-6-10(17(18)19)3-4-12(11)15-8/h3-6,9H,7,14H2,1-2H3,(H,15,16). The number of aromatic nitrogens is 1. The summed E-state index contributed by atoms with van der Waals surface area (Å²) in [5, 5.41) is 14.8. The number of nitro benzene ring substituents is 1. The van der Waals surface area contributed by atoms with Gasteiger partial charge >= 0.3 is 0 Å². The fraction of sp³-hybridized carbons (Fsp3) is 0.308. The van der Waals surface area contributed by atoms with Crippen molar-refractivity contribution in [2.75, 3.05) is 11.9 Å². The zero-order chi connectivity index (χ0) is 14.0. The van der Waals surface area contributed by atoms with Gasteiger partial charge in [0, 0.05) is 41.5 Å². The van der Waals surface area contributed by atoms with E-state index in [2.05, 4.69) is 10.3 Å². The summed E-state index contributed by atoms with van der Waals surface area (Å²) in [7, 11) is 0. The molecule has 0 aliphatic rings. The normalized spacial score (nSPS) is 12.4. The fourth-order valence-corrected chi connectivity index (χ4v) is 1.90. The van der Waals surface area contributed by atoms with Crippen LogP contribution in [0.5, 0.6) is 0 Å². The van der Waals surface area contributed by atoms with Crippen LogP contribution in [-0.4, -0.2) is 22.5 Å². The van der Waals surface area contributed by atoms with Crippen LogP contribution < -0.4 is 11.1 Å². The Morgan fingerprint density at radius 3 is 2.84 bits per heavy atom. The summed E-state index contributed by atoms with van der Waals surface area (Å²) in [4.78, 5) is 14.8. The third-order valence-corrected chi connectivity index (χ3v) is 2.89. The molecule has 1 heterocycles. The van der Waals surface area contributed by atoms with Gasteiger partial charge in [-0.05, 0) is 26.0 Å². The first-order chi connectivity index (χ1) is 9.01. The Kier molecular flexibility index (Phi) is 3.62. The maximum atomic E-state index is 10.8. The molecule has 0 saturated heterocycles. The molecule has 3 N–H and O–H groups in total. The van der Waals surface area contributed by atoms with Crippen molar-refractivity contribution in [1.82, 2.24) is 4.98 Å². The molecule has 0 radical (unpaired) electrons. The number of anilines is 1. The Hall–Kier alpha value is -2.21. The van der Waals surface area contributed by atoms with E-state index in [0.717, 1.165) is 22.3 Å². The van der Waals surface area contributed by atoms with Crippen LogP contribution in [0.4, 0.5) is 11.4 Å². The summed E-state index contributed by atoms with van der Waals surface area (Å²) in [5.41, 5.74) is 8.06. The number of nitrogens with two attached hydrogens (primary N) is 1. The molecular weight excluding hydrogens is 244 g/mol. The second kappa shape index (κ2) is 5.19. The van der Waals surface area contributed by atoms with E-state index >= 15 is 0 Å². The molecule has 0 aliphatic heterocycles. The number of nitrogens with one attached hydrogen (secondary N) is 1. The van der Waals surface area contributed by atoms with Gasteiger partial charge in [0.1, 0.15) is 0 Å². The molecule has 6 nitrogen and oxygen atoms in total. The number of nitrogens with zero attached hydrogens (tertiary/aromatic N) is 2. The number of non-ortho nitro benzene ring substituents is 1. The van der Waals surface area contributed by atoms with Crippen LogP contribution in [0.15, 0.2) is 24.3 Å². The van der Waals surface area contributed by atoms with Crippen molar-refractivity contribution in [3.05, 3.63) is 40.1 Å². The Bertz CT molecular complexity index is 627. The van der Waals surface area contributed by atoms with Crippen molar-refractivity contribution in [2.24, 2.45) is 5.73 Å². The molecule has 2 aromatic rings. The zero-order valence-electron chi connectivity index (χ0n) is 10.9. The second-order valence-corrected chi connectivity index (χ2v) is 4.55. The van der Waals surface area contributed by atoms with E-state index in [1.165, 1.54) is 12.1 Å². The SMILES string of the molecule is Cc1cc(NC(C)CN)c2cc([N+](=O)[O-])ccc2n1. The van der Waals surface area contributed by atoms with Crippen molar-refractivity contribution in [3.63, 3.8) is 0 Å². The third kappa shape index (κ3) is 2.79. The van der Waals surface area contributed by atoms with Crippen LogP contribution in [0.1, 0.15) is 12.6 Å². The predicted octanol–water partition coefficient (Wildman–Crippen LogP) is 2.21. The summed E-state index contributed by atoms with van der Waals surface area (Å²) in [6.45, 7) is 4.33. The first-order valence-corrected chi connectivity index (χ1v) is 6.03. The lowest BCUT2D eigenvalue weighted by Gasteiger charge is -2.15. The van der Waals surface area contributed by atoms with Gasteiger partial charge in [0.2, 0.25) is 0 Å². The largest absolute Gasteiger partial charge is 0.381 e. The second-order valence-electron chi connectivity index (χ2n) is 4.55. The van der Waals surface area contributed by atoms with Crippen molar-refractivity contribution in [3.8, 4) is 0 Å². The smallest absolute Gasteiger partial charge is 0.270 e. The maximum absolute atomic E-state index is 10.8. The Morgan fingerprint density at radius 2 is 2.21 bits per heavy atom. The van der Waals surface area contributed by atoms with Crippen molar-refractivity contribution in [2.45, 2.75) is 19.9 Å². The van der Waals surface area contributed by atoms with E-state index in [1.54, 1.807) is 6.07 Å². The summed E-state index contributed by atoms with van der Waals surface area (Å²) >= 11 is 0. The molecule has 1 aromatic heterocycles. The highest BCUT2D eigenvalue weighted by Gasteiger charge is 2.11. The number of pyridine rings is 1. The van der Waals surface area contributed by atoms with E-state index in [0.29, 0.717) is 6.54 Å². The highest BCUT2D eigenvalue weighted by molar-refractivity contribution is 5.93. The van der Waals surface area contributed by atoms with Gasteiger partial charge in [0.05, 0.1) is 10.4 Å². The quantitative estimate of drug-likeness (QED) is 0.649. The Balaban J connectivity index is 2.59. The van der Waals surface area contributed by atoms with Crippen LogP contribution in [0.25, 0.3) is 10.9 Å². The monoisotopic (exact) mass is 260 g/mol. The molecule has 19 heavy (non-hydrogen) atoms. The van der Waals surface area contributed by atoms with Gasteiger partial charge in [-0.1, -0.05) is 0 Å². The van der Waals surface area contributed by atoms with Gasteiger partial charge in [-0.25, -0.2) is 0 Å². The topological polar surface area (TPSA) is 94.1 Å². The molecule has 1 aromatic carbocycles. The van der Waals surface area contributed by atoms with Crippen molar-refractivity contribution in [1.29, 1.82) is 0 Å². The van der Waals surface area contributed by atoms with Crippen molar-refractivity contribution >= 4 is 22.3 Å². The number of hydrogen-bond acceptors (Lipinski definition) is 5. The molecule has 6 heteroatoms. The number of benzene rings is 1. The third-order valence-electron chi connectivity index (χ3n) is 2.89. The van der Waals surface area contributed by atoms with Gasteiger partial charge in [-0.3, -0.25) is 15.1 Å². The number of hydrogen-bond donors (Lipinski definition) is 2. The van der Waals surface area contributed by atoms with Crippen molar-refractivity contribution < 1.29 is 4.92 Å². The minimum atomic E-state index is -0.407. The van der Waals surface area contributed by atoms with Crippen LogP contribution in [0, 0.1) is 17.0 Å². The molecule has 1 unspecified atom stereocenters. The van der Waals surface area contributed by atoms with E-state index in [4.69, 9.17) is 5.73 Å². The number of rotatable bonds is 4. The highest BCUT2D eigenvalue weighted by atomic mass is 16.6. The summed E-state index contributed by atoms with van der Waals surface area (Å²) < 4.78 is 0. The van der Waals surface area contributed by atoms with Crippen LogP contribution >= 0.6 is 0 Å². The average Bonchev–Trinajstić information content (AvgIpc) is 2.37. The molecule has 0 bridgehead atoms. The summed E-state index contributed by atoms with van der Waals surface area (Å²) in [5.74, 6) is 0. The van der Waals surface area contributed by atoms with Crippen LogP contribution in [-0.2, 0) is 0 Å². The first kappa shape index (κ1) is 13.2. The molecule has 0 fully saturated rings. The minimum absolute atomic E-state index is 0.0570. The lowest BCUT2D eigenvalue weighted by Crippen LogP contribution is -2.25. The van der Waals surface area contributed by atoms with Gasteiger partial charge in [0.25, 0.3) is 5.69 Å². The molecule has 0 spiro atoms. The number of nitro groups is 1. The van der Waals surface area contributed by atoms with Gasteiger partial charge in [0.15, 0.2) is 0 Å². The van der Waals surface area contributed by atoms with E-state index in [1.807, 2.05) is 19.9 Å². The fourth-order valence-electron chi connectivity index (χ4n) is 1.90. The zero-order valence-corrected chi connectivity index (χ0v) is 10.9. The van der Waals surface area contributed by atoms with Gasteiger partial charge in [-0.2, -0.15) is 0 Å². The van der Waals surface area contributed by atoms with Crippen LogP contribution in [0.3, 0.4) is 0 Å². The van der Waals surface area contributed by atoms with Gasteiger partial charge < -0.3 is 11.1 Å². The molecule has 100 valence electrons. The molecule has 2 rings (SSSR count). The molecule has 0 amide bonds. The molecule has 0 saturated carbocycles. The van der Waals surface area contributed by atoms with Gasteiger partial charge in [-0.15, -0.1) is 0 Å². The number of fused-ring (bicyclic) bond motifs is 1. The molecule has 1 atom stereocenters. The minimum Gasteiger partial charge on any atom is -0.381 e. The predicted molar refractivity (Wildman–Crippen MR) is 75.3 cm³/mol. The molecule has 0 aliphatic carbocycles.